The maximum Gasteiger partial charge on any atom is 0.0551 e. The molecule has 0 aliphatic rings. The molecular formula is C36H21NS. The number of H-pyrrole nitrogens is 1. The second kappa shape index (κ2) is 7.44. The lowest BCUT2D eigenvalue weighted by atomic mass is 9.95. The van der Waals surface area contributed by atoms with Gasteiger partial charge in [0.05, 0.1) is 11.0 Å². The predicted molar refractivity (Wildman–Crippen MR) is 167 cm³/mol. The van der Waals surface area contributed by atoms with Crippen LogP contribution in [0.25, 0.3) is 85.4 Å². The van der Waals surface area contributed by atoms with Gasteiger partial charge in [-0.2, -0.15) is 0 Å². The number of thiophene rings is 1. The van der Waals surface area contributed by atoms with Gasteiger partial charge in [-0.3, -0.25) is 0 Å². The SMILES string of the molecule is c1ccc2c(c1)ccc1sc3c(-c4cccc5c4[nH]c4c6ccccc6c6ccccc6c54)cccc3c12. The van der Waals surface area contributed by atoms with Crippen LogP contribution < -0.4 is 0 Å². The summed E-state index contributed by atoms with van der Waals surface area (Å²) >= 11 is 1.90. The van der Waals surface area contributed by atoms with Gasteiger partial charge in [0, 0.05) is 47.5 Å². The summed E-state index contributed by atoms with van der Waals surface area (Å²) in [4.78, 5) is 3.91. The topological polar surface area (TPSA) is 15.8 Å². The monoisotopic (exact) mass is 499 g/mol. The van der Waals surface area contributed by atoms with Crippen LogP contribution in [0.2, 0.25) is 0 Å². The molecule has 0 radical (unpaired) electrons. The highest BCUT2D eigenvalue weighted by Crippen LogP contribution is 2.46. The first-order valence-corrected chi connectivity index (χ1v) is 13.9. The van der Waals surface area contributed by atoms with Gasteiger partial charge in [0.25, 0.3) is 0 Å². The molecule has 0 amide bonds. The Morgan fingerprint density at radius 3 is 1.87 bits per heavy atom. The van der Waals surface area contributed by atoms with E-state index in [1.54, 1.807) is 0 Å². The van der Waals surface area contributed by atoms with Gasteiger partial charge in [-0.1, -0.05) is 115 Å². The quantitative estimate of drug-likeness (QED) is 0.216. The van der Waals surface area contributed by atoms with Crippen LogP contribution in [0.15, 0.2) is 121 Å². The lowest BCUT2D eigenvalue weighted by Gasteiger charge is -2.07. The van der Waals surface area contributed by atoms with Crippen molar-refractivity contribution in [3.05, 3.63) is 121 Å². The van der Waals surface area contributed by atoms with Crippen molar-refractivity contribution in [1.29, 1.82) is 0 Å². The van der Waals surface area contributed by atoms with Crippen LogP contribution in [0.5, 0.6) is 0 Å². The molecule has 0 aliphatic heterocycles. The Labute approximate surface area is 222 Å². The highest BCUT2D eigenvalue weighted by Gasteiger charge is 2.18. The van der Waals surface area contributed by atoms with Crippen molar-refractivity contribution in [2.75, 3.05) is 0 Å². The number of aromatic nitrogens is 1. The molecule has 7 aromatic carbocycles. The molecule has 2 heteroatoms. The molecule has 9 aromatic rings. The number of aromatic amines is 1. The minimum atomic E-state index is 1.21. The first-order valence-electron chi connectivity index (χ1n) is 13.0. The summed E-state index contributed by atoms with van der Waals surface area (Å²) in [6.07, 6.45) is 0. The third-order valence-corrected chi connectivity index (χ3v) is 9.40. The molecular weight excluding hydrogens is 478 g/mol. The Kier molecular flexibility index (Phi) is 3.99. The molecule has 0 unspecified atom stereocenters. The highest BCUT2D eigenvalue weighted by atomic mass is 32.1. The number of rotatable bonds is 1. The molecule has 1 N–H and O–H groups in total. The molecule has 0 atom stereocenters. The fourth-order valence-corrected chi connectivity index (χ4v) is 7.82. The molecule has 0 aliphatic carbocycles. The number of para-hydroxylation sites is 1. The molecule has 2 heterocycles. The smallest absolute Gasteiger partial charge is 0.0551 e. The molecule has 38 heavy (non-hydrogen) atoms. The standard InChI is InChI=1S/C36H21NS/c1-2-10-22-21(9-1)19-20-31-32(22)30-18-8-16-28(36(30)38-31)27-15-7-17-29-33-25-13-5-3-11-23(25)24-12-4-6-14-26(24)35(33)37-34(27)29/h1-20,37H. The van der Waals surface area contributed by atoms with Crippen molar-refractivity contribution in [1.82, 2.24) is 4.98 Å². The average molecular weight is 500 g/mol. The predicted octanol–water partition coefficient (Wildman–Crippen LogP) is 10.8. The van der Waals surface area contributed by atoms with Crippen molar-refractivity contribution >= 4 is 85.6 Å². The van der Waals surface area contributed by atoms with E-state index in [1.807, 2.05) is 11.3 Å². The number of nitrogens with one attached hydrogen (secondary N) is 1. The van der Waals surface area contributed by atoms with Crippen LogP contribution in [0.3, 0.4) is 0 Å². The Hall–Kier alpha value is -4.66. The van der Waals surface area contributed by atoms with E-state index < -0.39 is 0 Å². The minimum absolute atomic E-state index is 1.21. The summed E-state index contributed by atoms with van der Waals surface area (Å²) in [5, 5.41) is 13.1. The summed E-state index contributed by atoms with van der Waals surface area (Å²) in [5.74, 6) is 0. The number of hydrogen-bond acceptors (Lipinski definition) is 1. The lowest BCUT2D eigenvalue weighted by molar-refractivity contribution is 1.56. The van der Waals surface area contributed by atoms with Crippen LogP contribution in [0, 0.1) is 0 Å². The van der Waals surface area contributed by atoms with Crippen molar-refractivity contribution in [3.8, 4) is 11.1 Å². The Bertz CT molecular complexity index is 2400. The van der Waals surface area contributed by atoms with Gasteiger partial charge >= 0.3 is 0 Å². The van der Waals surface area contributed by atoms with Gasteiger partial charge in [-0.15, -0.1) is 11.3 Å². The van der Waals surface area contributed by atoms with E-state index in [0.29, 0.717) is 0 Å². The minimum Gasteiger partial charge on any atom is -0.353 e. The van der Waals surface area contributed by atoms with Crippen molar-refractivity contribution in [2.45, 2.75) is 0 Å². The maximum atomic E-state index is 3.91. The van der Waals surface area contributed by atoms with Crippen LogP contribution in [-0.2, 0) is 0 Å². The van der Waals surface area contributed by atoms with E-state index >= 15 is 0 Å². The zero-order valence-corrected chi connectivity index (χ0v) is 21.3. The summed E-state index contributed by atoms with van der Waals surface area (Å²) in [6, 6.07) is 44.4. The van der Waals surface area contributed by atoms with E-state index in [0.717, 1.165) is 0 Å². The van der Waals surface area contributed by atoms with Crippen LogP contribution in [-0.4, -0.2) is 4.98 Å². The Balaban J connectivity index is 1.44. The van der Waals surface area contributed by atoms with Crippen LogP contribution in [0.4, 0.5) is 0 Å². The largest absolute Gasteiger partial charge is 0.353 e. The van der Waals surface area contributed by atoms with E-state index in [2.05, 4.69) is 126 Å². The average Bonchev–Trinajstić information content (AvgIpc) is 3.57. The Morgan fingerprint density at radius 1 is 0.395 bits per heavy atom. The molecule has 176 valence electrons. The van der Waals surface area contributed by atoms with Crippen LogP contribution in [0.1, 0.15) is 0 Å². The summed E-state index contributed by atoms with van der Waals surface area (Å²) < 4.78 is 2.69. The maximum absolute atomic E-state index is 3.91. The fourth-order valence-electron chi connectivity index (χ4n) is 6.58. The first-order chi connectivity index (χ1) is 18.9. The van der Waals surface area contributed by atoms with Crippen molar-refractivity contribution in [2.24, 2.45) is 0 Å². The lowest BCUT2D eigenvalue weighted by Crippen LogP contribution is -1.81. The van der Waals surface area contributed by atoms with Gasteiger partial charge in [-0.25, -0.2) is 0 Å². The summed E-state index contributed by atoms with van der Waals surface area (Å²) in [5.41, 5.74) is 4.97. The summed E-state index contributed by atoms with van der Waals surface area (Å²) in [7, 11) is 0. The first kappa shape index (κ1) is 20.4. The molecule has 2 aromatic heterocycles. The van der Waals surface area contributed by atoms with Gasteiger partial charge < -0.3 is 4.98 Å². The van der Waals surface area contributed by atoms with Crippen LogP contribution >= 0.6 is 11.3 Å². The molecule has 9 rings (SSSR count). The highest BCUT2D eigenvalue weighted by molar-refractivity contribution is 7.26. The van der Waals surface area contributed by atoms with Gasteiger partial charge in [0.1, 0.15) is 0 Å². The molecule has 0 bridgehead atoms. The van der Waals surface area contributed by atoms with E-state index in [4.69, 9.17) is 0 Å². The van der Waals surface area contributed by atoms with E-state index in [-0.39, 0.29) is 0 Å². The van der Waals surface area contributed by atoms with Gasteiger partial charge in [-0.05, 0) is 33.0 Å². The van der Waals surface area contributed by atoms with E-state index in [1.165, 1.54) is 85.4 Å². The molecule has 0 fully saturated rings. The fraction of sp³-hybridized carbons (Fsp3) is 0. The van der Waals surface area contributed by atoms with Gasteiger partial charge in [0.15, 0.2) is 0 Å². The van der Waals surface area contributed by atoms with Gasteiger partial charge in [0.2, 0.25) is 0 Å². The molecule has 0 saturated heterocycles. The zero-order valence-electron chi connectivity index (χ0n) is 20.5. The zero-order chi connectivity index (χ0) is 24.8. The number of benzene rings is 7. The second-order valence-corrected chi connectivity index (χ2v) is 11.2. The molecule has 1 nitrogen and oxygen atoms in total. The van der Waals surface area contributed by atoms with Crippen molar-refractivity contribution in [3.63, 3.8) is 0 Å². The Morgan fingerprint density at radius 2 is 1.03 bits per heavy atom. The van der Waals surface area contributed by atoms with E-state index in [9.17, 15) is 0 Å². The second-order valence-electron chi connectivity index (χ2n) is 10.1. The normalized spacial score (nSPS) is 12.2. The number of fused-ring (bicyclic) bond motifs is 13. The number of hydrogen-bond donors (Lipinski definition) is 1. The third kappa shape index (κ3) is 2.60. The van der Waals surface area contributed by atoms with Crippen molar-refractivity contribution < 1.29 is 0 Å². The summed E-state index contributed by atoms with van der Waals surface area (Å²) in [6.45, 7) is 0. The molecule has 0 spiro atoms. The molecule has 0 saturated carbocycles. The third-order valence-electron chi connectivity index (χ3n) is 8.19.